The van der Waals surface area contributed by atoms with Crippen molar-refractivity contribution in [3.63, 3.8) is 0 Å². The monoisotopic (exact) mass is 252 g/mol. The number of hydrogen-bond acceptors (Lipinski definition) is 6. The molecule has 0 unspecified atom stereocenters. The van der Waals surface area contributed by atoms with E-state index >= 15 is 0 Å². The van der Waals surface area contributed by atoms with Crippen LogP contribution in [0.15, 0.2) is 49.7 Å². The molecular formula is C12H12O6. The van der Waals surface area contributed by atoms with Crippen molar-refractivity contribution in [2.24, 2.45) is 0 Å². The molecule has 0 aromatic rings. The van der Waals surface area contributed by atoms with E-state index in [4.69, 9.17) is 0 Å². The van der Waals surface area contributed by atoms with E-state index in [1.54, 1.807) is 0 Å². The summed E-state index contributed by atoms with van der Waals surface area (Å²) in [5.41, 5.74) is 0. The first-order valence-electron chi connectivity index (χ1n) is 4.68. The first-order valence-corrected chi connectivity index (χ1v) is 4.68. The quantitative estimate of drug-likeness (QED) is 0.403. The SMILES string of the molecule is C=CC(=O)OC(C)=C(OC(=O)C=C)OC(=O)C=C. The van der Waals surface area contributed by atoms with Gasteiger partial charge in [-0.3, -0.25) is 0 Å². The minimum absolute atomic E-state index is 0.217. The van der Waals surface area contributed by atoms with Gasteiger partial charge in [0.25, 0.3) is 0 Å². The lowest BCUT2D eigenvalue weighted by atomic mass is 10.5. The van der Waals surface area contributed by atoms with Crippen molar-refractivity contribution >= 4 is 17.9 Å². The van der Waals surface area contributed by atoms with Gasteiger partial charge in [-0.15, -0.1) is 0 Å². The van der Waals surface area contributed by atoms with Crippen LogP contribution < -0.4 is 0 Å². The van der Waals surface area contributed by atoms with E-state index in [2.05, 4.69) is 33.9 Å². The molecule has 0 aliphatic rings. The largest absolute Gasteiger partial charge is 0.421 e. The molecule has 0 heterocycles. The minimum Gasteiger partial charge on any atom is -0.421 e. The highest BCUT2D eigenvalue weighted by Crippen LogP contribution is 2.11. The molecule has 0 radical (unpaired) electrons. The third kappa shape index (κ3) is 5.45. The van der Waals surface area contributed by atoms with Crippen LogP contribution in [0.25, 0.3) is 0 Å². The number of ether oxygens (including phenoxy) is 3. The molecule has 0 aliphatic carbocycles. The number of hydrogen-bond donors (Lipinski definition) is 0. The lowest BCUT2D eigenvalue weighted by Gasteiger charge is -2.09. The molecule has 0 saturated carbocycles. The summed E-state index contributed by atoms with van der Waals surface area (Å²) < 4.78 is 13.9. The Hall–Kier alpha value is -2.63. The van der Waals surface area contributed by atoms with E-state index in [0.717, 1.165) is 18.2 Å². The predicted molar refractivity (Wildman–Crippen MR) is 61.6 cm³/mol. The first kappa shape index (κ1) is 15.4. The molecule has 0 N–H and O–H groups in total. The molecular weight excluding hydrogens is 240 g/mol. The second kappa shape index (κ2) is 7.61. The number of allylic oxidation sites excluding steroid dienone is 1. The molecule has 0 aliphatic heterocycles. The van der Waals surface area contributed by atoms with E-state index in [9.17, 15) is 14.4 Å². The van der Waals surface area contributed by atoms with Gasteiger partial charge < -0.3 is 14.2 Å². The van der Waals surface area contributed by atoms with E-state index in [1.165, 1.54) is 6.92 Å². The van der Waals surface area contributed by atoms with Crippen molar-refractivity contribution < 1.29 is 28.6 Å². The number of esters is 3. The maximum absolute atomic E-state index is 11.0. The molecule has 6 heteroatoms. The van der Waals surface area contributed by atoms with Crippen molar-refractivity contribution in [1.82, 2.24) is 0 Å². The fraction of sp³-hybridized carbons (Fsp3) is 0.0833. The Kier molecular flexibility index (Phi) is 6.50. The molecule has 0 fully saturated rings. The Morgan fingerprint density at radius 1 is 0.778 bits per heavy atom. The van der Waals surface area contributed by atoms with Crippen LogP contribution >= 0.6 is 0 Å². The second-order valence-electron chi connectivity index (χ2n) is 2.72. The topological polar surface area (TPSA) is 78.9 Å². The van der Waals surface area contributed by atoms with E-state index in [0.29, 0.717) is 0 Å². The normalized spacial score (nSPS) is 8.50. The van der Waals surface area contributed by atoms with Crippen LogP contribution in [0.5, 0.6) is 0 Å². The van der Waals surface area contributed by atoms with Crippen LogP contribution in [-0.2, 0) is 28.6 Å². The third-order valence-corrected chi connectivity index (χ3v) is 1.43. The lowest BCUT2D eigenvalue weighted by Crippen LogP contribution is -2.12. The average Bonchev–Trinajstić information content (AvgIpc) is 2.36. The number of carbonyl (C=O) groups excluding carboxylic acids is 3. The van der Waals surface area contributed by atoms with Gasteiger partial charge >= 0.3 is 23.9 Å². The molecule has 0 amide bonds. The van der Waals surface area contributed by atoms with Crippen LogP contribution in [0.3, 0.4) is 0 Å². The van der Waals surface area contributed by atoms with Gasteiger partial charge in [-0.05, 0) is 0 Å². The van der Waals surface area contributed by atoms with Crippen LogP contribution in [0.1, 0.15) is 6.92 Å². The summed E-state index contributed by atoms with van der Waals surface area (Å²) in [6.07, 6.45) is 2.60. The van der Waals surface area contributed by atoms with E-state index in [1.807, 2.05) is 0 Å². The fourth-order valence-corrected chi connectivity index (χ4v) is 0.665. The molecule has 96 valence electrons. The molecule has 0 rings (SSSR count). The Morgan fingerprint density at radius 2 is 1.11 bits per heavy atom. The second-order valence-corrected chi connectivity index (χ2v) is 2.72. The van der Waals surface area contributed by atoms with Crippen LogP contribution in [0.4, 0.5) is 0 Å². The Morgan fingerprint density at radius 3 is 1.44 bits per heavy atom. The van der Waals surface area contributed by atoms with Gasteiger partial charge in [0.2, 0.25) is 0 Å². The fourth-order valence-electron chi connectivity index (χ4n) is 0.665. The average molecular weight is 252 g/mol. The van der Waals surface area contributed by atoms with Gasteiger partial charge in [0.15, 0.2) is 5.76 Å². The van der Waals surface area contributed by atoms with Crippen LogP contribution in [0.2, 0.25) is 0 Å². The first-order chi connectivity index (χ1) is 8.44. The summed E-state index contributed by atoms with van der Waals surface area (Å²) >= 11 is 0. The zero-order valence-electron chi connectivity index (χ0n) is 9.80. The summed E-state index contributed by atoms with van der Waals surface area (Å²) in [6, 6.07) is 0. The summed E-state index contributed by atoms with van der Waals surface area (Å²) in [4.78, 5) is 32.9. The van der Waals surface area contributed by atoms with Gasteiger partial charge in [0.05, 0.1) is 0 Å². The van der Waals surface area contributed by atoms with Gasteiger partial charge in [0, 0.05) is 25.2 Å². The number of carbonyl (C=O) groups is 3. The van der Waals surface area contributed by atoms with Gasteiger partial charge in [0.1, 0.15) is 0 Å². The molecule has 0 saturated heterocycles. The highest BCUT2D eigenvalue weighted by molar-refractivity contribution is 5.85. The zero-order chi connectivity index (χ0) is 14.1. The van der Waals surface area contributed by atoms with Crippen LogP contribution in [0, 0.1) is 0 Å². The molecule has 0 atom stereocenters. The third-order valence-electron chi connectivity index (χ3n) is 1.43. The Balaban J connectivity index is 5.08. The van der Waals surface area contributed by atoms with E-state index in [-0.39, 0.29) is 5.76 Å². The van der Waals surface area contributed by atoms with Gasteiger partial charge in [-0.25, -0.2) is 14.4 Å². The van der Waals surface area contributed by atoms with E-state index < -0.39 is 23.9 Å². The van der Waals surface area contributed by atoms with Gasteiger partial charge in [-0.1, -0.05) is 19.7 Å². The molecule has 0 aromatic carbocycles. The van der Waals surface area contributed by atoms with Crippen molar-refractivity contribution in [3.8, 4) is 0 Å². The van der Waals surface area contributed by atoms with Crippen molar-refractivity contribution in [2.45, 2.75) is 6.92 Å². The maximum atomic E-state index is 11.0. The predicted octanol–water partition coefficient (Wildman–Crippen LogP) is 1.36. The number of rotatable bonds is 6. The summed E-state index contributed by atoms with van der Waals surface area (Å²) in [6.45, 7) is 10.8. The smallest absolute Gasteiger partial charge is 0.338 e. The molecule has 18 heavy (non-hydrogen) atoms. The Labute approximate surface area is 104 Å². The standard InChI is InChI=1S/C12H12O6/c1-5-9(13)16-8(4)12(17-10(14)6-2)18-11(15)7-3/h5-7H,1-3H2,4H3. The van der Waals surface area contributed by atoms with Gasteiger partial charge in [-0.2, -0.15) is 0 Å². The molecule has 0 aromatic heterocycles. The molecule has 0 spiro atoms. The minimum atomic E-state index is -0.879. The Bertz CT molecular complexity index is 406. The molecule has 6 nitrogen and oxygen atoms in total. The summed E-state index contributed by atoms with van der Waals surface area (Å²) in [7, 11) is 0. The lowest BCUT2D eigenvalue weighted by molar-refractivity contribution is -0.150. The van der Waals surface area contributed by atoms with Crippen molar-refractivity contribution in [1.29, 1.82) is 0 Å². The molecule has 0 bridgehead atoms. The summed E-state index contributed by atoms with van der Waals surface area (Å²) in [5, 5.41) is 0. The maximum Gasteiger partial charge on any atom is 0.338 e. The highest BCUT2D eigenvalue weighted by atomic mass is 16.7. The van der Waals surface area contributed by atoms with Crippen molar-refractivity contribution in [2.75, 3.05) is 0 Å². The summed E-state index contributed by atoms with van der Waals surface area (Å²) in [5.74, 6) is -3.34. The highest BCUT2D eigenvalue weighted by Gasteiger charge is 2.16. The van der Waals surface area contributed by atoms with Crippen LogP contribution in [-0.4, -0.2) is 17.9 Å². The zero-order valence-corrected chi connectivity index (χ0v) is 9.80. The van der Waals surface area contributed by atoms with Crippen molar-refractivity contribution in [3.05, 3.63) is 49.7 Å².